The molecule has 0 aliphatic carbocycles. The molecule has 1 aliphatic heterocycles. The molecule has 1 fully saturated rings. The summed E-state index contributed by atoms with van der Waals surface area (Å²) in [6.45, 7) is -0.312. The highest BCUT2D eigenvalue weighted by Gasteiger charge is 2.44. The summed E-state index contributed by atoms with van der Waals surface area (Å²) < 4.78 is 6.88. The van der Waals surface area contributed by atoms with E-state index in [1.807, 2.05) is 0 Å². The Labute approximate surface area is 119 Å². The van der Waals surface area contributed by atoms with E-state index in [4.69, 9.17) is 21.3 Å². The van der Waals surface area contributed by atoms with Gasteiger partial charge in [-0.25, -0.2) is 15.0 Å². The van der Waals surface area contributed by atoms with E-state index in [2.05, 4.69) is 15.0 Å². The monoisotopic (exact) mass is 296 g/mol. The predicted molar refractivity (Wildman–Crippen MR) is 70.6 cm³/mol. The Morgan fingerprint density at radius 2 is 2.05 bits per heavy atom. The fourth-order valence-electron chi connectivity index (χ4n) is 2.37. The van der Waals surface area contributed by atoms with Crippen LogP contribution in [0.4, 0.5) is 5.82 Å². The average Bonchev–Trinajstić information content (AvgIpc) is 3.02. The van der Waals surface area contributed by atoms with Crippen molar-refractivity contribution in [1.82, 2.24) is 19.5 Å². The van der Waals surface area contributed by atoms with Crippen molar-refractivity contribution in [3.8, 4) is 0 Å². The molecule has 0 bridgehead atoms. The molecule has 0 radical (unpaired) electrons. The number of nitrogen functional groups attached to an aromatic ring is 1. The topological polar surface area (TPSA) is 166 Å². The predicted octanol–water partition coefficient (Wildman–Crippen LogP) is -2.52. The van der Waals surface area contributed by atoms with Crippen molar-refractivity contribution in [3.05, 3.63) is 12.2 Å². The molecular weight excluding hydrogens is 280 g/mol. The van der Waals surface area contributed by atoms with Crippen LogP contribution in [-0.2, 0) is 11.3 Å². The maximum atomic E-state index is 10.1. The van der Waals surface area contributed by atoms with Crippen molar-refractivity contribution in [2.45, 2.75) is 31.1 Å². The van der Waals surface area contributed by atoms with Crippen LogP contribution in [0.25, 0.3) is 11.2 Å². The Bertz CT molecular complexity index is 661. The van der Waals surface area contributed by atoms with Crippen LogP contribution in [0.3, 0.4) is 0 Å². The number of rotatable bonds is 3. The molecular formula is C11H16N6O4. The Balaban J connectivity index is 2.07. The van der Waals surface area contributed by atoms with Crippen molar-refractivity contribution in [2.24, 2.45) is 5.73 Å². The third-order valence-corrected chi connectivity index (χ3v) is 3.47. The number of aliphatic hydroxyl groups excluding tert-OH is 3. The minimum Gasteiger partial charge on any atom is -0.394 e. The summed E-state index contributed by atoms with van der Waals surface area (Å²) in [6.07, 6.45) is -2.85. The number of aromatic nitrogens is 4. The SMILES string of the molecule is NCc1nc(N)c2ncn([C@@H]3O[C@H](CO)[C@@H](O)[C@H]3O)c2n1. The van der Waals surface area contributed by atoms with Crippen molar-refractivity contribution in [2.75, 3.05) is 12.3 Å². The van der Waals surface area contributed by atoms with Gasteiger partial charge in [0.15, 0.2) is 17.7 Å². The lowest BCUT2D eigenvalue weighted by molar-refractivity contribution is -0.0511. The minimum absolute atomic E-state index is 0.0985. The van der Waals surface area contributed by atoms with Gasteiger partial charge in [0.1, 0.15) is 29.7 Å². The lowest BCUT2D eigenvalue weighted by Gasteiger charge is -2.16. The van der Waals surface area contributed by atoms with Crippen LogP contribution in [0.5, 0.6) is 0 Å². The van der Waals surface area contributed by atoms with Crippen molar-refractivity contribution in [1.29, 1.82) is 0 Å². The maximum Gasteiger partial charge on any atom is 0.168 e. The van der Waals surface area contributed by atoms with Crippen LogP contribution in [0.1, 0.15) is 12.1 Å². The molecule has 0 saturated carbocycles. The second kappa shape index (κ2) is 5.16. The van der Waals surface area contributed by atoms with Crippen LogP contribution >= 0.6 is 0 Å². The largest absolute Gasteiger partial charge is 0.394 e. The van der Waals surface area contributed by atoms with Gasteiger partial charge in [0.25, 0.3) is 0 Å². The lowest BCUT2D eigenvalue weighted by atomic mass is 10.1. The average molecular weight is 296 g/mol. The molecule has 7 N–H and O–H groups in total. The van der Waals surface area contributed by atoms with Gasteiger partial charge in [0, 0.05) is 0 Å². The fraction of sp³-hybridized carbons (Fsp3) is 0.545. The molecule has 21 heavy (non-hydrogen) atoms. The lowest BCUT2D eigenvalue weighted by Crippen LogP contribution is -2.33. The van der Waals surface area contributed by atoms with Crippen LogP contribution in [0, 0.1) is 0 Å². The fourth-order valence-corrected chi connectivity index (χ4v) is 2.37. The number of hydrogen-bond acceptors (Lipinski definition) is 9. The summed E-state index contributed by atoms with van der Waals surface area (Å²) in [6, 6.07) is 0. The molecule has 2 aromatic rings. The number of nitrogens with two attached hydrogens (primary N) is 2. The van der Waals surface area contributed by atoms with E-state index in [-0.39, 0.29) is 12.4 Å². The number of hydrogen-bond donors (Lipinski definition) is 5. The van der Waals surface area contributed by atoms with Crippen LogP contribution in [0.15, 0.2) is 6.33 Å². The van der Waals surface area contributed by atoms with E-state index in [0.29, 0.717) is 17.0 Å². The van der Waals surface area contributed by atoms with Gasteiger partial charge in [-0.3, -0.25) is 4.57 Å². The molecule has 2 aromatic heterocycles. The molecule has 4 atom stereocenters. The molecule has 0 aromatic carbocycles. The zero-order chi connectivity index (χ0) is 15.1. The van der Waals surface area contributed by atoms with E-state index >= 15 is 0 Å². The maximum absolute atomic E-state index is 10.1. The summed E-state index contributed by atoms with van der Waals surface area (Å²) in [5, 5.41) is 29.0. The van der Waals surface area contributed by atoms with E-state index in [0.717, 1.165) is 0 Å². The van der Waals surface area contributed by atoms with Gasteiger partial charge >= 0.3 is 0 Å². The molecule has 10 nitrogen and oxygen atoms in total. The highest BCUT2D eigenvalue weighted by molar-refractivity contribution is 5.81. The summed E-state index contributed by atoms with van der Waals surface area (Å²) in [5.74, 6) is 0.499. The number of aliphatic hydroxyl groups is 3. The summed E-state index contributed by atoms with van der Waals surface area (Å²) >= 11 is 0. The number of anilines is 1. The van der Waals surface area contributed by atoms with E-state index in [1.54, 1.807) is 0 Å². The second-order valence-corrected chi connectivity index (χ2v) is 4.78. The Hall–Kier alpha value is -1.85. The van der Waals surface area contributed by atoms with Crippen molar-refractivity contribution >= 4 is 17.0 Å². The first-order chi connectivity index (χ1) is 10.1. The summed E-state index contributed by atoms with van der Waals surface area (Å²) in [5.41, 5.74) is 12.0. The first kappa shape index (κ1) is 14.1. The van der Waals surface area contributed by atoms with Gasteiger partial charge in [0.2, 0.25) is 0 Å². The van der Waals surface area contributed by atoms with Gasteiger partial charge in [-0.05, 0) is 0 Å². The molecule has 0 unspecified atom stereocenters. The van der Waals surface area contributed by atoms with E-state index in [9.17, 15) is 10.2 Å². The number of imidazole rings is 1. The normalized spacial score (nSPS) is 29.3. The highest BCUT2D eigenvalue weighted by atomic mass is 16.6. The van der Waals surface area contributed by atoms with Gasteiger partial charge in [-0.2, -0.15) is 0 Å². The van der Waals surface area contributed by atoms with Gasteiger partial charge < -0.3 is 31.5 Å². The first-order valence-electron chi connectivity index (χ1n) is 6.38. The number of nitrogens with zero attached hydrogens (tertiary/aromatic N) is 4. The molecule has 10 heteroatoms. The Morgan fingerprint density at radius 3 is 2.67 bits per heavy atom. The Kier molecular flexibility index (Phi) is 3.47. The molecule has 3 heterocycles. The minimum atomic E-state index is -1.22. The third kappa shape index (κ3) is 2.13. The Morgan fingerprint density at radius 1 is 1.29 bits per heavy atom. The second-order valence-electron chi connectivity index (χ2n) is 4.78. The first-order valence-corrected chi connectivity index (χ1v) is 6.38. The standard InChI is InChI=1S/C11H16N6O4/c12-1-5-15-9(13)6-10(16-5)17(3-14-6)11-8(20)7(19)4(2-18)21-11/h3-4,7-8,11,18-20H,1-2,12H2,(H2,13,15,16)/t4-,7-,8-,11-/m1/s1. The smallest absolute Gasteiger partial charge is 0.168 e. The van der Waals surface area contributed by atoms with Crippen LogP contribution < -0.4 is 11.5 Å². The van der Waals surface area contributed by atoms with E-state index < -0.39 is 31.1 Å². The van der Waals surface area contributed by atoms with Gasteiger partial charge in [-0.1, -0.05) is 0 Å². The number of ether oxygens (including phenoxy) is 1. The highest BCUT2D eigenvalue weighted by Crippen LogP contribution is 2.31. The van der Waals surface area contributed by atoms with Crippen LogP contribution in [-0.4, -0.2) is 59.8 Å². The van der Waals surface area contributed by atoms with Gasteiger partial charge in [-0.15, -0.1) is 0 Å². The van der Waals surface area contributed by atoms with Crippen LogP contribution in [0.2, 0.25) is 0 Å². The van der Waals surface area contributed by atoms with E-state index in [1.165, 1.54) is 10.9 Å². The number of fused-ring (bicyclic) bond motifs is 1. The van der Waals surface area contributed by atoms with Gasteiger partial charge in [0.05, 0.1) is 19.5 Å². The third-order valence-electron chi connectivity index (χ3n) is 3.47. The quantitative estimate of drug-likeness (QED) is 0.410. The van der Waals surface area contributed by atoms with Crippen molar-refractivity contribution < 1.29 is 20.1 Å². The molecule has 0 amide bonds. The summed E-state index contributed by atoms with van der Waals surface area (Å²) in [4.78, 5) is 12.3. The molecule has 114 valence electrons. The summed E-state index contributed by atoms with van der Waals surface area (Å²) in [7, 11) is 0. The molecule has 1 aliphatic rings. The molecule has 1 saturated heterocycles. The zero-order valence-electron chi connectivity index (χ0n) is 11.0. The molecule has 3 rings (SSSR count). The van der Waals surface area contributed by atoms with Crippen molar-refractivity contribution in [3.63, 3.8) is 0 Å². The molecule has 0 spiro atoms. The zero-order valence-corrected chi connectivity index (χ0v) is 11.0.